The Morgan fingerprint density at radius 2 is 1.69 bits per heavy atom. The fourth-order valence-corrected chi connectivity index (χ4v) is 5.38. The van der Waals surface area contributed by atoms with Gasteiger partial charge in [-0.2, -0.15) is 0 Å². The van der Waals surface area contributed by atoms with Crippen molar-refractivity contribution in [3.05, 3.63) is 105 Å². The van der Waals surface area contributed by atoms with Crippen LogP contribution in [0, 0.1) is 0 Å². The number of hydrogen-bond donors (Lipinski definition) is 1. The number of unbranched alkanes of at least 4 members (excludes halogenated alkanes) is 1. The molecule has 2 amide bonds. The molecule has 1 N–H and O–H groups in total. The Kier molecular flexibility index (Phi) is 11.9. The fraction of sp³-hybridized carbons (Fsp3) is 0.310. The van der Waals surface area contributed by atoms with Gasteiger partial charge in [0.2, 0.25) is 11.8 Å². The number of thioether (sulfide) groups is 1. The van der Waals surface area contributed by atoms with Crippen LogP contribution in [-0.4, -0.2) is 35.1 Å². The molecule has 3 aromatic rings. The zero-order chi connectivity index (χ0) is 25.8. The van der Waals surface area contributed by atoms with E-state index in [1.54, 1.807) is 4.90 Å². The van der Waals surface area contributed by atoms with Crippen molar-refractivity contribution in [3.8, 4) is 0 Å². The highest BCUT2D eigenvalue weighted by molar-refractivity contribution is 9.10. The number of benzene rings is 3. The summed E-state index contributed by atoms with van der Waals surface area (Å²) in [4.78, 5) is 28.8. The van der Waals surface area contributed by atoms with Crippen LogP contribution in [0.5, 0.6) is 0 Å². The molecule has 0 fully saturated rings. The van der Waals surface area contributed by atoms with E-state index in [0.29, 0.717) is 30.3 Å². The fourth-order valence-electron chi connectivity index (χ4n) is 3.86. The van der Waals surface area contributed by atoms with Gasteiger partial charge in [-0.05, 0) is 47.4 Å². The van der Waals surface area contributed by atoms with Crippen LogP contribution in [0.15, 0.2) is 83.3 Å². The molecule has 0 spiro atoms. The number of nitrogens with zero attached hydrogens (tertiary/aromatic N) is 1. The Labute approximate surface area is 231 Å². The van der Waals surface area contributed by atoms with Gasteiger partial charge >= 0.3 is 0 Å². The second-order valence-electron chi connectivity index (χ2n) is 8.62. The smallest absolute Gasteiger partial charge is 0.243 e. The first kappa shape index (κ1) is 28.3. The highest BCUT2D eigenvalue weighted by Crippen LogP contribution is 2.21. The Morgan fingerprint density at radius 3 is 2.42 bits per heavy atom. The molecule has 0 aromatic heterocycles. The predicted octanol–water partition coefficient (Wildman–Crippen LogP) is 6.89. The Hall–Kier alpha value is -2.28. The van der Waals surface area contributed by atoms with Gasteiger partial charge in [0.25, 0.3) is 0 Å². The third-order valence-corrected chi connectivity index (χ3v) is 7.44. The first-order valence-corrected chi connectivity index (χ1v) is 14.5. The second kappa shape index (κ2) is 15.1. The molecule has 0 aliphatic rings. The number of carbonyl (C=O) groups excluding carboxylic acids is 2. The lowest BCUT2D eigenvalue weighted by Gasteiger charge is -2.31. The van der Waals surface area contributed by atoms with Crippen molar-refractivity contribution >= 4 is 51.1 Å². The number of hydrogen-bond acceptors (Lipinski definition) is 3. The Bertz CT molecular complexity index is 1130. The van der Waals surface area contributed by atoms with Gasteiger partial charge in [-0.1, -0.05) is 95.5 Å². The summed E-state index contributed by atoms with van der Waals surface area (Å²) in [6, 6.07) is 24.8. The van der Waals surface area contributed by atoms with Crippen molar-refractivity contribution in [2.75, 3.05) is 12.3 Å². The maximum atomic E-state index is 13.6. The zero-order valence-corrected chi connectivity index (χ0v) is 23.6. The van der Waals surface area contributed by atoms with Crippen LogP contribution in [0.4, 0.5) is 0 Å². The molecule has 0 bridgehead atoms. The average molecular weight is 588 g/mol. The first-order valence-electron chi connectivity index (χ1n) is 12.1. The van der Waals surface area contributed by atoms with Crippen LogP contribution in [-0.2, 0) is 28.3 Å². The van der Waals surface area contributed by atoms with E-state index < -0.39 is 6.04 Å². The Balaban J connectivity index is 1.83. The molecule has 4 nitrogen and oxygen atoms in total. The highest BCUT2D eigenvalue weighted by Gasteiger charge is 2.30. The van der Waals surface area contributed by atoms with Gasteiger partial charge in [0.05, 0.1) is 5.75 Å². The van der Waals surface area contributed by atoms with Gasteiger partial charge in [-0.3, -0.25) is 9.59 Å². The number of carbonyl (C=O) groups is 2. The normalized spacial score (nSPS) is 11.6. The third kappa shape index (κ3) is 9.30. The second-order valence-corrected chi connectivity index (χ2v) is 11.0. The molecule has 0 unspecified atom stereocenters. The van der Waals surface area contributed by atoms with Crippen LogP contribution in [0.1, 0.15) is 36.5 Å². The Morgan fingerprint density at radius 1 is 0.972 bits per heavy atom. The highest BCUT2D eigenvalue weighted by atomic mass is 79.9. The monoisotopic (exact) mass is 586 g/mol. The SMILES string of the molecule is CCCCNC(=O)[C@H](Cc1ccccc1)N(Cc1cccc(Br)c1)C(=O)CSCc1cccc(Cl)c1. The van der Waals surface area contributed by atoms with Gasteiger partial charge in [0, 0.05) is 34.8 Å². The van der Waals surface area contributed by atoms with Crippen LogP contribution in [0.2, 0.25) is 5.02 Å². The molecule has 7 heteroatoms. The summed E-state index contributed by atoms with van der Waals surface area (Å²) in [5.41, 5.74) is 3.06. The van der Waals surface area contributed by atoms with Crippen molar-refractivity contribution in [1.29, 1.82) is 0 Å². The number of halogens is 2. The van der Waals surface area contributed by atoms with Gasteiger partial charge in [0.15, 0.2) is 0 Å². The van der Waals surface area contributed by atoms with Gasteiger partial charge < -0.3 is 10.2 Å². The summed E-state index contributed by atoms with van der Waals surface area (Å²) >= 11 is 11.2. The van der Waals surface area contributed by atoms with Gasteiger partial charge in [-0.25, -0.2) is 0 Å². The number of amides is 2. The minimum absolute atomic E-state index is 0.0615. The standard InChI is InChI=1S/C29H32BrClN2O2S/c1-2-3-15-32-29(35)27(18-22-9-5-4-6-10-22)33(19-23-11-7-13-25(30)16-23)28(34)21-36-20-24-12-8-14-26(31)17-24/h4-14,16-17,27H,2-3,15,18-21H2,1H3,(H,32,35)/t27-/m0/s1. The average Bonchev–Trinajstić information content (AvgIpc) is 2.87. The molecule has 0 heterocycles. The quantitative estimate of drug-likeness (QED) is 0.222. The van der Waals surface area contributed by atoms with Crippen molar-refractivity contribution in [3.63, 3.8) is 0 Å². The lowest BCUT2D eigenvalue weighted by Crippen LogP contribution is -2.51. The minimum Gasteiger partial charge on any atom is -0.354 e. The lowest BCUT2D eigenvalue weighted by molar-refractivity contribution is -0.139. The molecule has 190 valence electrons. The molecular weight excluding hydrogens is 556 g/mol. The molecule has 0 saturated carbocycles. The summed E-state index contributed by atoms with van der Waals surface area (Å²) in [5.74, 6) is 0.765. The van der Waals surface area contributed by atoms with E-state index in [0.717, 1.165) is 34.0 Å². The lowest BCUT2D eigenvalue weighted by atomic mass is 10.0. The van der Waals surface area contributed by atoms with E-state index in [9.17, 15) is 9.59 Å². The summed E-state index contributed by atoms with van der Waals surface area (Å²) in [6.45, 7) is 3.05. The third-order valence-electron chi connectivity index (χ3n) is 5.73. The van der Waals surface area contributed by atoms with E-state index >= 15 is 0 Å². The van der Waals surface area contributed by atoms with E-state index in [4.69, 9.17) is 11.6 Å². The molecule has 1 atom stereocenters. The largest absolute Gasteiger partial charge is 0.354 e. The molecule has 0 aliphatic carbocycles. The van der Waals surface area contributed by atoms with Crippen LogP contribution >= 0.6 is 39.3 Å². The number of rotatable bonds is 13. The van der Waals surface area contributed by atoms with Crippen molar-refractivity contribution in [2.24, 2.45) is 0 Å². The number of nitrogens with one attached hydrogen (secondary N) is 1. The molecule has 0 saturated heterocycles. The first-order chi connectivity index (χ1) is 17.5. The minimum atomic E-state index is -0.609. The van der Waals surface area contributed by atoms with Crippen molar-refractivity contribution < 1.29 is 9.59 Å². The van der Waals surface area contributed by atoms with E-state index in [-0.39, 0.29) is 17.6 Å². The van der Waals surface area contributed by atoms with E-state index in [2.05, 4.69) is 28.2 Å². The molecule has 3 rings (SSSR count). The van der Waals surface area contributed by atoms with Gasteiger partial charge in [0.1, 0.15) is 6.04 Å². The van der Waals surface area contributed by atoms with E-state index in [1.807, 2.05) is 78.9 Å². The summed E-state index contributed by atoms with van der Waals surface area (Å²) in [6.07, 6.45) is 2.35. The predicted molar refractivity (Wildman–Crippen MR) is 154 cm³/mol. The molecule has 3 aromatic carbocycles. The molecular formula is C29H32BrClN2O2S. The molecule has 0 radical (unpaired) electrons. The van der Waals surface area contributed by atoms with Crippen LogP contribution in [0.25, 0.3) is 0 Å². The topological polar surface area (TPSA) is 49.4 Å². The van der Waals surface area contributed by atoms with Crippen LogP contribution < -0.4 is 5.32 Å². The summed E-state index contributed by atoms with van der Waals surface area (Å²) in [7, 11) is 0. The maximum absolute atomic E-state index is 13.6. The summed E-state index contributed by atoms with van der Waals surface area (Å²) in [5, 5.41) is 3.74. The van der Waals surface area contributed by atoms with Crippen molar-refractivity contribution in [2.45, 2.75) is 44.5 Å². The van der Waals surface area contributed by atoms with Gasteiger partial charge in [-0.15, -0.1) is 11.8 Å². The zero-order valence-electron chi connectivity index (χ0n) is 20.5. The molecule has 0 aliphatic heterocycles. The van der Waals surface area contributed by atoms with Crippen LogP contribution in [0.3, 0.4) is 0 Å². The van der Waals surface area contributed by atoms with Crippen molar-refractivity contribution in [1.82, 2.24) is 10.2 Å². The molecule has 36 heavy (non-hydrogen) atoms. The van der Waals surface area contributed by atoms with E-state index in [1.165, 1.54) is 11.8 Å². The summed E-state index contributed by atoms with van der Waals surface area (Å²) < 4.78 is 0.940. The maximum Gasteiger partial charge on any atom is 0.243 e.